The molecule has 0 saturated carbocycles. The summed E-state index contributed by atoms with van der Waals surface area (Å²) in [7, 11) is 0. The number of nitrogens with one attached hydrogen (secondary N) is 2. The quantitative estimate of drug-likeness (QED) is 0.491. The summed E-state index contributed by atoms with van der Waals surface area (Å²) < 4.78 is 1.99. The van der Waals surface area contributed by atoms with Gasteiger partial charge in [-0.15, -0.1) is 10.2 Å². The number of hydrogen-bond donors (Lipinski definition) is 2. The Bertz CT molecular complexity index is 1040. The van der Waals surface area contributed by atoms with E-state index < -0.39 is 0 Å². The number of benzene rings is 2. The first kappa shape index (κ1) is 22.2. The zero-order valence-electron chi connectivity index (χ0n) is 17.6. The Balaban J connectivity index is 1.98. The number of carbonyl (C=O) groups excluding carboxylic acids is 1. The van der Waals surface area contributed by atoms with E-state index in [2.05, 4.69) is 39.9 Å². The Labute approximate surface area is 186 Å². The maximum atomic E-state index is 12.0. The van der Waals surface area contributed by atoms with Crippen LogP contribution in [0.4, 0.5) is 4.79 Å². The molecule has 0 aliphatic carbocycles. The second kappa shape index (κ2) is 10.00. The molecule has 0 bridgehead atoms. The molecule has 0 aliphatic heterocycles. The molecule has 158 valence electrons. The highest BCUT2D eigenvalue weighted by Crippen LogP contribution is 2.30. The van der Waals surface area contributed by atoms with Gasteiger partial charge in [0.15, 0.2) is 11.0 Å². The van der Waals surface area contributed by atoms with Gasteiger partial charge in [0.05, 0.1) is 11.7 Å². The highest BCUT2D eigenvalue weighted by molar-refractivity contribution is 7.98. The third-order valence-electron chi connectivity index (χ3n) is 4.76. The monoisotopic (exact) mass is 443 g/mol. The van der Waals surface area contributed by atoms with Gasteiger partial charge in [-0.2, -0.15) is 0 Å². The normalized spacial score (nSPS) is 11.9. The lowest BCUT2D eigenvalue weighted by atomic mass is 10.1. The molecule has 2 amide bonds. The maximum Gasteiger partial charge on any atom is 0.315 e. The highest BCUT2D eigenvalue weighted by Gasteiger charge is 2.22. The fourth-order valence-corrected chi connectivity index (χ4v) is 4.29. The molecule has 1 unspecified atom stereocenters. The number of amides is 2. The minimum absolute atomic E-state index is 0.239. The smallest absolute Gasteiger partial charge is 0.315 e. The predicted molar refractivity (Wildman–Crippen MR) is 122 cm³/mol. The molecule has 0 fully saturated rings. The van der Waals surface area contributed by atoms with Crippen molar-refractivity contribution in [3.63, 3.8) is 0 Å². The van der Waals surface area contributed by atoms with E-state index in [-0.39, 0.29) is 12.1 Å². The van der Waals surface area contributed by atoms with Crippen LogP contribution in [-0.4, -0.2) is 27.3 Å². The molecule has 1 aromatic heterocycles. The topological polar surface area (TPSA) is 71.8 Å². The number of hydrogen-bond acceptors (Lipinski definition) is 4. The van der Waals surface area contributed by atoms with Crippen molar-refractivity contribution in [3.8, 4) is 5.69 Å². The van der Waals surface area contributed by atoms with Gasteiger partial charge in [0.2, 0.25) is 0 Å². The van der Waals surface area contributed by atoms with Gasteiger partial charge in [0.25, 0.3) is 0 Å². The van der Waals surface area contributed by atoms with Gasteiger partial charge in [-0.05, 0) is 56.5 Å². The average molecular weight is 444 g/mol. The molecule has 2 aromatic carbocycles. The third kappa shape index (κ3) is 5.15. The number of nitrogens with zero attached hydrogens (tertiary/aromatic N) is 3. The molecule has 2 N–H and O–H groups in total. The molecule has 6 nitrogen and oxygen atoms in total. The number of aryl methyl sites for hydroxylation is 2. The predicted octanol–water partition coefficient (Wildman–Crippen LogP) is 5.21. The van der Waals surface area contributed by atoms with Crippen LogP contribution >= 0.6 is 23.4 Å². The minimum atomic E-state index is -0.338. The molecular formula is C22H26ClN5OS. The van der Waals surface area contributed by atoms with Gasteiger partial charge >= 0.3 is 6.03 Å². The molecule has 3 aromatic rings. The molecule has 0 aliphatic rings. The second-order valence-electron chi connectivity index (χ2n) is 7.05. The molecular weight excluding hydrogens is 418 g/mol. The number of urea groups is 1. The lowest BCUT2D eigenvalue weighted by Gasteiger charge is -2.18. The Kier molecular flexibility index (Phi) is 7.39. The van der Waals surface area contributed by atoms with Gasteiger partial charge in [0, 0.05) is 17.3 Å². The summed E-state index contributed by atoms with van der Waals surface area (Å²) in [4.78, 5) is 12.0. The van der Waals surface area contributed by atoms with Crippen LogP contribution in [0.3, 0.4) is 0 Å². The first-order valence-electron chi connectivity index (χ1n) is 9.84. The summed E-state index contributed by atoms with van der Waals surface area (Å²) in [5, 5.41) is 15.9. The van der Waals surface area contributed by atoms with Crippen LogP contribution in [-0.2, 0) is 5.75 Å². The number of carbonyl (C=O) groups is 1. The van der Waals surface area contributed by atoms with Crippen LogP contribution in [0, 0.1) is 13.8 Å². The van der Waals surface area contributed by atoms with Crippen molar-refractivity contribution < 1.29 is 4.79 Å². The number of rotatable bonds is 7. The zero-order chi connectivity index (χ0) is 21.7. The summed E-state index contributed by atoms with van der Waals surface area (Å²) in [6.07, 6.45) is 0. The zero-order valence-corrected chi connectivity index (χ0v) is 19.1. The van der Waals surface area contributed by atoms with Crippen LogP contribution in [0.5, 0.6) is 0 Å². The van der Waals surface area contributed by atoms with E-state index in [0.717, 1.165) is 22.2 Å². The number of halogens is 1. The van der Waals surface area contributed by atoms with Crippen molar-refractivity contribution in [1.29, 1.82) is 0 Å². The van der Waals surface area contributed by atoms with Crippen molar-refractivity contribution in [2.45, 2.75) is 44.6 Å². The summed E-state index contributed by atoms with van der Waals surface area (Å²) in [5.41, 5.74) is 4.43. The van der Waals surface area contributed by atoms with Crippen molar-refractivity contribution in [2.24, 2.45) is 0 Å². The summed E-state index contributed by atoms with van der Waals surface area (Å²) in [5.74, 6) is 1.42. The largest absolute Gasteiger partial charge is 0.338 e. The SMILES string of the molecule is CCNC(=O)NC(C)c1nnc(SCc2ccccc2C)n1-c1cc(Cl)ccc1C. The minimum Gasteiger partial charge on any atom is -0.338 e. The molecule has 30 heavy (non-hydrogen) atoms. The Hall–Kier alpha value is -2.51. The molecule has 8 heteroatoms. The van der Waals surface area contributed by atoms with Crippen LogP contribution in [0.2, 0.25) is 5.02 Å². The lowest BCUT2D eigenvalue weighted by molar-refractivity contribution is 0.238. The van der Waals surface area contributed by atoms with E-state index in [0.29, 0.717) is 17.4 Å². The Morgan fingerprint density at radius 2 is 1.93 bits per heavy atom. The molecule has 1 atom stereocenters. The first-order valence-corrected chi connectivity index (χ1v) is 11.2. The summed E-state index contributed by atoms with van der Waals surface area (Å²) in [6, 6.07) is 13.5. The first-order chi connectivity index (χ1) is 14.4. The fourth-order valence-electron chi connectivity index (χ4n) is 3.09. The van der Waals surface area contributed by atoms with E-state index in [4.69, 9.17) is 11.6 Å². The third-order valence-corrected chi connectivity index (χ3v) is 5.97. The van der Waals surface area contributed by atoms with Crippen molar-refractivity contribution >= 4 is 29.4 Å². The summed E-state index contributed by atoms with van der Waals surface area (Å²) >= 11 is 7.91. The van der Waals surface area contributed by atoms with E-state index in [1.54, 1.807) is 11.8 Å². The molecule has 0 radical (unpaired) electrons. The standard InChI is InChI=1S/C22H26ClN5OS/c1-5-24-21(29)25-16(4)20-26-27-22(30-13-17-9-7-6-8-14(17)2)28(20)19-12-18(23)11-10-15(19)3/h6-12,16H,5,13H2,1-4H3,(H2,24,25,29). The van der Waals surface area contributed by atoms with Crippen LogP contribution in [0.15, 0.2) is 47.6 Å². The van der Waals surface area contributed by atoms with E-state index in [9.17, 15) is 4.79 Å². The maximum absolute atomic E-state index is 12.0. The van der Waals surface area contributed by atoms with Crippen molar-refractivity contribution in [2.75, 3.05) is 6.54 Å². The Morgan fingerprint density at radius 1 is 1.17 bits per heavy atom. The van der Waals surface area contributed by atoms with E-state index >= 15 is 0 Å². The van der Waals surface area contributed by atoms with E-state index in [1.165, 1.54) is 11.1 Å². The Morgan fingerprint density at radius 3 is 2.67 bits per heavy atom. The van der Waals surface area contributed by atoms with Crippen LogP contribution in [0.1, 0.15) is 42.4 Å². The van der Waals surface area contributed by atoms with Crippen molar-refractivity contribution in [3.05, 3.63) is 70.0 Å². The van der Waals surface area contributed by atoms with Gasteiger partial charge < -0.3 is 10.6 Å². The molecule has 0 spiro atoms. The van der Waals surface area contributed by atoms with Gasteiger partial charge in [0.1, 0.15) is 0 Å². The average Bonchev–Trinajstić information content (AvgIpc) is 3.13. The summed E-state index contributed by atoms with van der Waals surface area (Å²) in [6.45, 7) is 8.45. The van der Waals surface area contributed by atoms with Crippen LogP contribution in [0.25, 0.3) is 5.69 Å². The lowest BCUT2D eigenvalue weighted by Crippen LogP contribution is -2.37. The van der Waals surface area contributed by atoms with Crippen LogP contribution < -0.4 is 10.6 Å². The molecule has 0 saturated heterocycles. The van der Waals surface area contributed by atoms with Gasteiger partial charge in [-0.25, -0.2) is 4.79 Å². The van der Waals surface area contributed by atoms with Gasteiger partial charge in [-0.1, -0.05) is 53.7 Å². The highest BCUT2D eigenvalue weighted by atomic mass is 35.5. The fraction of sp³-hybridized carbons (Fsp3) is 0.318. The van der Waals surface area contributed by atoms with E-state index in [1.807, 2.05) is 55.7 Å². The number of aromatic nitrogens is 3. The second-order valence-corrected chi connectivity index (χ2v) is 8.43. The number of thioether (sulfide) groups is 1. The van der Waals surface area contributed by atoms with Crippen molar-refractivity contribution in [1.82, 2.24) is 25.4 Å². The molecule has 3 rings (SSSR count). The van der Waals surface area contributed by atoms with Gasteiger partial charge in [-0.3, -0.25) is 4.57 Å². The molecule has 1 heterocycles.